The number of aromatic amines is 1. The van der Waals surface area contributed by atoms with Crippen molar-refractivity contribution in [2.45, 2.75) is 44.7 Å². The summed E-state index contributed by atoms with van der Waals surface area (Å²) >= 11 is 0. The van der Waals surface area contributed by atoms with Gasteiger partial charge in [-0.3, -0.25) is 4.79 Å². The fraction of sp³-hybridized carbons (Fsp3) is 0.667. The van der Waals surface area contributed by atoms with Crippen LogP contribution in [0.5, 0.6) is 0 Å². The molecule has 1 unspecified atom stereocenters. The molecular weight excluding hydrogens is 216 g/mol. The minimum Gasteiger partial charge on any atom is -0.349 e. The highest BCUT2D eigenvalue weighted by atomic mass is 16.1. The minimum atomic E-state index is 0.105. The van der Waals surface area contributed by atoms with Gasteiger partial charge in [-0.05, 0) is 25.8 Å². The first-order valence-electron chi connectivity index (χ1n) is 6.33. The SMILES string of the molecule is O=C(CCC1CCCCN1)NCc1ncc[nH]1. The number of piperidine rings is 1. The average Bonchev–Trinajstić information content (AvgIpc) is 2.88. The Kier molecular flexibility index (Phi) is 4.55. The molecule has 17 heavy (non-hydrogen) atoms. The second kappa shape index (κ2) is 6.39. The van der Waals surface area contributed by atoms with Crippen molar-refractivity contribution in [3.05, 3.63) is 18.2 Å². The summed E-state index contributed by atoms with van der Waals surface area (Å²) in [5.41, 5.74) is 0. The van der Waals surface area contributed by atoms with Gasteiger partial charge in [-0.2, -0.15) is 0 Å². The van der Waals surface area contributed by atoms with Crippen molar-refractivity contribution in [3.63, 3.8) is 0 Å². The molecule has 0 aliphatic carbocycles. The zero-order chi connectivity index (χ0) is 11.9. The predicted molar refractivity (Wildman–Crippen MR) is 65.3 cm³/mol. The van der Waals surface area contributed by atoms with Crippen molar-refractivity contribution < 1.29 is 4.79 Å². The molecule has 2 rings (SSSR count). The smallest absolute Gasteiger partial charge is 0.220 e. The number of H-pyrrole nitrogens is 1. The number of nitrogens with one attached hydrogen (secondary N) is 3. The third kappa shape index (κ3) is 4.19. The highest BCUT2D eigenvalue weighted by Gasteiger charge is 2.13. The summed E-state index contributed by atoms with van der Waals surface area (Å²) in [5.74, 6) is 0.905. The van der Waals surface area contributed by atoms with Gasteiger partial charge in [-0.25, -0.2) is 4.98 Å². The van der Waals surface area contributed by atoms with E-state index < -0.39 is 0 Å². The van der Waals surface area contributed by atoms with Crippen LogP contribution in [-0.4, -0.2) is 28.5 Å². The van der Waals surface area contributed by atoms with Crippen LogP contribution in [0.1, 0.15) is 37.9 Å². The lowest BCUT2D eigenvalue weighted by Gasteiger charge is -2.22. The van der Waals surface area contributed by atoms with E-state index in [1.54, 1.807) is 12.4 Å². The summed E-state index contributed by atoms with van der Waals surface area (Å²) in [5, 5.41) is 6.31. The van der Waals surface area contributed by atoms with Crippen LogP contribution in [0.3, 0.4) is 0 Å². The fourth-order valence-corrected chi connectivity index (χ4v) is 2.14. The first-order valence-corrected chi connectivity index (χ1v) is 6.33. The Balaban J connectivity index is 1.60. The van der Waals surface area contributed by atoms with Gasteiger partial charge < -0.3 is 15.6 Å². The molecule has 94 valence electrons. The first-order chi connectivity index (χ1) is 8.34. The van der Waals surface area contributed by atoms with Crippen molar-refractivity contribution in [2.75, 3.05) is 6.54 Å². The topological polar surface area (TPSA) is 69.8 Å². The van der Waals surface area contributed by atoms with Gasteiger partial charge in [0.2, 0.25) is 5.91 Å². The van der Waals surface area contributed by atoms with E-state index in [1.165, 1.54) is 19.3 Å². The van der Waals surface area contributed by atoms with Crippen molar-refractivity contribution in [2.24, 2.45) is 0 Å². The van der Waals surface area contributed by atoms with E-state index in [0.717, 1.165) is 18.8 Å². The number of hydrogen-bond donors (Lipinski definition) is 3. The van der Waals surface area contributed by atoms with Crippen LogP contribution < -0.4 is 10.6 Å². The van der Waals surface area contributed by atoms with Crippen LogP contribution in [0, 0.1) is 0 Å². The number of carbonyl (C=O) groups excluding carboxylic acids is 1. The third-order valence-electron chi connectivity index (χ3n) is 3.14. The minimum absolute atomic E-state index is 0.105. The first kappa shape index (κ1) is 12.1. The molecule has 5 nitrogen and oxygen atoms in total. The quantitative estimate of drug-likeness (QED) is 0.713. The number of nitrogens with zero attached hydrogens (tertiary/aromatic N) is 1. The van der Waals surface area contributed by atoms with Crippen LogP contribution in [0.2, 0.25) is 0 Å². The average molecular weight is 236 g/mol. The number of rotatable bonds is 5. The molecule has 0 bridgehead atoms. The van der Waals surface area contributed by atoms with Crippen molar-refractivity contribution >= 4 is 5.91 Å². The number of hydrogen-bond acceptors (Lipinski definition) is 3. The third-order valence-corrected chi connectivity index (χ3v) is 3.14. The van der Waals surface area contributed by atoms with Gasteiger partial charge in [0.1, 0.15) is 5.82 Å². The summed E-state index contributed by atoms with van der Waals surface area (Å²) < 4.78 is 0. The van der Waals surface area contributed by atoms with Crippen LogP contribution in [0.25, 0.3) is 0 Å². The molecule has 0 spiro atoms. The molecule has 1 aliphatic heterocycles. The molecule has 5 heteroatoms. The summed E-state index contributed by atoms with van der Waals surface area (Å²) in [6, 6.07) is 0.526. The molecule has 1 aromatic heterocycles. The van der Waals surface area contributed by atoms with Gasteiger partial charge in [0, 0.05) is 24.9 Å². The molecule has 1 amide bonds. The van der Waals surface area contributed by atoms with E-state index in [4.69, 9.17) is 0 Å². The molecular formula is C12H20N4O. The van der Waals surface area contributed by atoms with E-state index in [-0.39, 0.29) is 5.91 Å². The molecule has 3 N–H and O–H groups in total. The molecule has 0 aromatic carbocycles. The van der Waals surface area contributed by atoms with Gasteiger partial charge in [0.05, 0.1) is 6.54 Å². The summed E-state index contributed by atoms with van der Waals surface area (Å²) in [7, 11) is 0. The largest absolute Gasteiger partial charge is 0.349 e. The Morgan fingerprint density at radius 3 is 3.18 bits per heavy atom. The van der Waals surface area contributed by atoms with Crippen LogP contribution in [0.4, 0.5) is 0 Å². The Hall–Kier alpha value is -1.36. The normalized spacial score (nSPS) is 20.1. The van der Waals surface area contributed by atoms with E-state index in [1.807, 2.05) is 0 Å². The lowest BCUT2D eigenvalue weighted by molar-refractivity contribution is -0.121. The molecule has 2 heterocycles. The zero-order valence-corrected chi connectivity index (χ0v) is 10.0. The molecule has 1 fully saturated rings. The number of imidazole rings is 1. The van der Waals surface area contributed by atoms with Gasteiger partial charge in [-0.1, -0.05) is 6.42 Å². The van der Waals surface area contributed by atoms with Crippen LogP contribution in [0.15, 0.2) is 12.4 Å². The maximum atomic E-state index is 11.6. The van der Waals surface area contributed by atoms with Crippen molar-refractivity contribution in [1.82, 2.24) is 20.6 Å². The van der Waals surface area contributed by atoms with E-state index in [2.05, 4.69) is 20.6 Å². The molecule has 0 saturated carbocycles. The number of amides is 1. The van der Waals surface area contributed by atoms with Crippen LogP contribution in [-0.2, 0) is 11.3 Å². The van der Waals surface area contributed by atoms with Gasteiger partial charge in [0.15, 0.2) is 0 Å². The monoisotopic (exact) mass is 236 g/mol. The van der Waals surface area contributed by atoms with E-state index >= 15 is 0 Å². The summed E-state index contributed by atoms with van der Waals surface area (Å²) in [6.45, 7) is 1.59. The van der Waals surface area contributed by atoms with Crippen molar-refractivity contribution in [3.8, 4) is 0 Å². The van der Waals surface area contributed by atoms with Crippen LogP contribution >= 0.6 is 0 Å². The molecule has 1 aromatic rings. The number of carbonyl (C=O) groups is 1. The maximum Gasteiger partial charge on any atom is 0.220 e. The molecule has 0 radical (unpaired) electrons. The van der Waals surface area contributed by atoms with Crippen molar-refractivity contribution in [1.29, 1.82) is 0 Å². The lowest BCUT2D eigenvalue weighted by Crippen LogP contribution is -2.35. The Labute approximate surface area is 101 Å². The second-order valence-electron chi connectivity index (χ2n) is 4.50. The Morgan fingerprint density at radius 2 is 2.47 bits per heavy atom. The van der Waals surface area contributed by atoms with E-state index in [0.29, 0.717) is 19.0 Å². The Bertz CT molecular complexity index is 330. The van der Waals surface area contributed by atoms with Gasteiger partial charge in [0.25, 0.3) is 0 Å². The Morgan fingerprint density at radius 1 is 1.53 bits per heavy atom. The second-order valence-corrected chi connectivity index (χ2v) is 4.50. The molecule has 1 saturated heterocycles. The maximum absolute atomic E-state index is 11.6. The van der Waals surface area contributed by atoms with Gasteiger partial charge in [-0.15, -0.1) is 0 Å². The zero-order valence-electron chi connectivity index (χ0n) is 10.0. The number of aromatic nitrogens is 2. The predicted octanol–water partition coefficient (Wildman–Crippen LogP) is 0.948. The van der Waals surface area contributed by atoms with E-state index in [9.17, 15) is 4.79 Å². The standard InChI is InChI=1S/C12H20N4O/c17-12(16-9-11-14-7-8-15-11)5-4-10-3-1-2-6-13-10/h7-8,10,13H,1-6,9H2,(H,14,15)(H,16,17). The van der Waals surface area contributed by atoms with Gasteiger partial charge >= 0.3 is 0 Å². The molecule has 1 aliphatic rings. The molecule has 1 atom stereocenters. The highest BCUT2D eigenvalue weighted by molar-refractivity contribution is 5.75. The fourth-order valence-electron chi connectivity index (χ4n) is 2.14. The summed E-state index contributed by atoms with van der Waals surface area (Å²) in [4.78, 5) is 18.6. The summed E-state index contributed by atoms with van der Waals surface area (Å²) in [6.07, 6.45) is 8.72. The lowest BCUT2D eigenvalue weighted by atomic mass is 10.0. The highest BCUT2D eigenvalue weighted by Crippen LogP contribution is 2.11.